The molecule has 1 heterocycles. The van der Waals surface area contributed by atoms with Gasteiger partial charge in [0.15, 0.2) is 11.9 Å². The first kappa shape index (κ1) is 19.3. The van der Waals surface area contributed by atoms with E-state index in [-0.39, 0.29) is 18.6 Å². The van der Waals surface area contributed by atoms with E-state index in [1.165, 1.54) is 18.3 Å². The van der Waals surface area contributed by atoms with Gasteiger partial charge in [-0.3, -0.25) is 14.4 Å². The summed E-state index contributed by atoms with van der Waals surface area (Å²) in [5.74, 6) is -1.29. The van der Waals surface area contributed by atoms with Crippen LogP contribution in [-0.4, -0.2) is 23.8 Å². The van der Waals surface area contributed by atoms with Gasteiger partial charge in [-0.1, -0.05) is 12.1 Å². The lowest BCUT2D eigenvalue weighted by atomic mass is 10.2. The number of nitriles is 1. The molecule has 0 aliphatic heterocycles. The van der Waals surface area contributed by atoms with E-state index in [1.807, 2.05) is 19.1 Å². The predicted octanol–water partition coefficient (Wildman–Crippen LogP) is 3.46. The molecule has 0 saturated carbocycles. The number of anilines is 1. The highest BCUT2D eigenvalue weighted by atomic mass is 32.1. The molecular formula is C19H18N2O4S. The summed E-state index contributed by atoms with van der Waals surface area (Å²) >= 11 is 1.38. The number of aryl methyl sites for hydroxylation is 1. The first-order chi connectivity index (χ1) is 12.4. The van der Waals surface area contributed by atoms with E-state index in [9.17, 15) is 14.4 Å². The SMILES string of the molecule is Cc1ccc(C(=O)CCC(=O)O[C@H](C)C(=O)Nc2ccccc2C#N)s1. The normalized spacial score (nSPS) is 11.3. The summed E-state index contributed by atoms with van der Waals surface area (Å²) in [5, 5.41) is 11.6. The molecular weight excluding hydrogens is 352 g/mol. The Hall–Kier alpha value is -2.98. The van der Waals surface area contributed by atoms with Crippen molar-refractivity contribution in [2.45, 2.75) is 32.8 Å². The molecule has 1 atom stereocenters. The third-order valence-corrected chi connectivity index (χ3v) is 4.60. The molecule has 7 heteroatoms. The number of carbonyl (C=O) groups excluding carboxylic acids is 3. The molecule has 134 valence electrons. The van der Waals surface area contributed by atoms with Crippen molar-refractivity contribution in [3.8, 4) is 6.07 Å². The number of esters is 1. The van der Waals surface area contributed by atoms with Gasteiger partial charge in [-0.25, -0.2) is 0 Å². The molecule has 0 fully saturated rings. The number of rotatable bonds is 7. The lowest BCUT2D eigenvalue weighted by Gasteiger charge is -2.14. The highest BCUT2D eigenvalue weighted by Crippen LogP contribution is 2.18. The van der Waals surface area contributed by atoms with Gasteiger partial charge < -0.3 is 10.1 Å². The van der Waals surface area contributed by atoms with Gasteiger partial charge in [0.2, 0.25) is 0 Å². The Labute approximate surface area is 155 Å². The third kappa shape index (κ3) is 5.26. The number of ether oxygens (including phenoxy) is 1. The number of nitrogens with zero attached hydrogens (tertiary/aromatic N) is 1. The van der Waals surface area contributed by atoms with Crippen LogP contribution in [0.5, 0.6) is 0 Å². The van der Waals surface area contributed by atoms with Crippen LogP contribution in [0.25, 0.3) is 0 Å². The fourth-order valence-corrected chi connectivity index (χ4v) is 2.99. The monoisotopic (exact) mass is 370 g/mol. The zero-order chi connectivity index (χ0) is 19.1. The summed E-state index contributed by atoms with van der Waals surface area (Å²) in [6, 6.07) is 12.1. The van der Waals surface area contributed by atoms with Crippen LogP contribution in [0.3, 0.4) is 0 Å². The van der Waals surface area contributed by atoms with E-state index >= 15 is 0 Å². The number of amides is 1. The average Bonchev–Trinajstić information content (AvgIpc) is 3.06. The van der Waals surface area contributed by atoms with Crippen LogP contribution in [0.1, 0.15) is 39.9 Å². The van der Waals surface area contributed by atoms with E-state index in [0.717, 1.165) is 4.88 Å². The standard InChI is InChI=1S/C19H18N2O4S/c1-12-7-9-17(26-12)16(22)8-10-18(23)25-13(2)19(24)21-15-6-4-3-5-14(15)11-20/h3-7,9,13H,8,10H2,1-2H3,(H,21,24)/t13-/m1/s1. The Balaban J connectivity index is 1.83. The third-order valence-electron chi connectivity index (χ3n) is 3.55. The minimum absolute atomic E-state index is 0.0321. The van der Waals surface area contributed by atoms with Gasteiger partial charge in [0.25, 0.3) is 5.91 Å². The van der Waals surface area contributed by atoms with Crippen molar-refractivity contribution in [1.82, 2.24) is 0 Å². The molecule has 1 amide bonds. The molecule has 0 aliphatic rings. The number of Topliss-reactive ketones (excluding diaryl/α,β-unsaturated/α-hetero) is 1. The summed E-state index contributed by atoms with van der Waals surface area (Å²) in [7, 11) is 0. The maximum Gasteiger partial charge on any atom is 0.307 e. The molecule has 0 unspecified atom stereocenters. The van der Waals surface area contributed by atoms with Crippen molar-refractivity contribution >= 4 is 34.7 Å². The molecule has 2 rings (SSSR count). The van der Waals surface area contributed by atoms with E-state index in [0.29, 0.717) is 16.1 Å². The number of thiophene rings is 1. The summed E-state index contributed by atoms with van der Waals surface area (Å²) in [6.45, 7) is 3.34. The van der Waals surface area contributed by atoms with Gasteiger partial charge in [0.1, 0.15) is 6.07 Å². The predicted molar refractivity (Wildman–Crippen MR) is 98.0 cm³/mol. The molecule has 2 aromatic rings. The van der Waals surface area contributed by atoms with Gasteiger partial charge in [-0.2, -0.15) is 5.26 Å². The van der Waals surface area contributed by atoms with Crippen molar-refractivity contribution in [3.63, 3.8) is 0 Å². The Kier molecular flexibility index (Phi) is 6.64. The second-order valence-corrected chi connectivity index (χ2v) is 6.90. The minimum Gasteiger partial charge on any atom is -0.453 e. The van der Waals surface area contributed by atoms with Gasteiger partial charge in [-0.05, 0) is 38.1 Å². The van der Waals surface area contributed by atoms with Crippen LogP contribution in [0.15, 0.2) is 36.4 Å². The summed E-state index contributed by atoms with van der Waals surface area (Å²) < 4.78 is 5.07. The van der Waals surface area contributed by atoms with Gasteiger partial charge in [0.05, 0.1) is 22.5 Å². The maximum atomic E-state index is 12.1. The van der Waals surface area contributed by atoms with Gasteiger partial charge in [-0.15, -0.1) is 11.3 Å². The Morgan fingerprint density at radius 1 is 1.19 bits per heavy atom. The van der Waals surface area contributed by atoms with E-state index in [4.69, 9.17) is 10.00 Å². The lowest BCUT2D eigenvalue weighted by molar-refractivity contribution is -0.153. The molecule has 26 heavy (non-hydrogen) atoms. The Bertz CT molecular complexity index is 866. The number of benzene rings is 1. The zero-order valence-corrected chi connectivity index (χ0v) is 15.3. The summed E-state index contributed by atoms with van der Waals surface area (Å²) in [6.07, 6.45) is -1.10. The van der Waals surface area contributed by atoms with E-state index < -0.39 is 18.0 Å². The Morgan fingerprint density at radius 3 is 2.58 bits per heavy atom. The number of hydrogen-bond donors (Lipinski definition) is 1. The minimum atomic E-state index is -1.03. The van der Waals surface area contributed by atoms with Crippen LogP contribution in [0, 0.1) is 18.3 Å². The fourth-order valence-electron chi connectivity index (χ4n) is 2.16. The lowest BCUT2D eigenvalue weighted by Crippen LogP contribution is -2.30. The number of carbonyl (C=O) groups is 3. The fraction of sp³-hybridized carbons (Fsp3) is 0.263. The van der Waals surface area contributed by atoms with Crippen molar-refractivity contribution in [2.24, 2.45) is 0 Å². The highest BCUT2D eigenvalue weighted by molar-refractivity contribution is 7.14. The van der Waals surface area contributed by atoms with Crippen LogP contribution < -0.4 is 5.32 Å². The van der Waals surface area contributed by atoms with Gasteiger partial charge in [0, 0.05) is 11.3 Å². The van der Waals surface area contributed by atoms with Crippen molar-refractivity contribution in [3.05, 3.63) is 51.7 Å². The molecule has 1 aromatic carbocycles. The van der Waals surface area contributed by atoms with Crippen LogP contribution >= 0.6 is 11.3 Å². The molecule has 0 saturated heterocycles. The molecule has 1 N–H and O–H groups in total. The van der Waals surface area contributed by atoms with Crippen molar-refractivity contribution < 1.29 is 19.1 Å². The zero-order valence-electron chi connectivity index (χ0n) is 14.4. The number of para-hydroxylation sites is 1. The number of hydrogen-bond acceptors (Lipinski definition) is 6. The smallest absolute Gasteiger partial charge is 0.307 e. The Morgan fingerprint density at radius 2 is 1.92 bits per heavy atom. The van der Waals surface area contributed by atoms with Crippen molar-refractivity contribution in [2.75, 3.05) is 5.32 Å². The van der Waals surface area contributed by atoms with Crippen LogP contribution in [0.4, 0.5) is 5.69 Å². The van der Waals surface area contributed by atoms with Crippen LogP contribution in [0.2, 0.25) is 0 Å². The highest BCUT2D eigenvalue weighted by Gasteiger charge is 2.20. The largest absolute Gasteiger partial charge is 0.453 e. The molecule has 0 radical (unpaired) electrons. The average molecular weight is 370 g/mol. The second kappa shape index (κ2) is 8.92. The number of nitrogens with one attached hydrogen (secondary N) is 1. The molecule has 1 aromatic heterocycles. The maximum absolute atomic E-state index is 12.1. The molecule has 0 bridgehead atoms. The van der Waals surface area contributed by atoms with E-state index in [2.05, 4.69) is 5.32 Å². The quantitative estimate of drug-likeness (QED) is 0.595. The topological polar surface area (TPSA) is 96.3 Å². The number of ketones is 1. The van der Waals surface area contributed by atoms with Crippen LogP contribution in [-0.2, 0) is 14.3 Å². The second-order valence-electron chi connectivity index (χ2n) is 5.61. The first-order valence-corrected chi connectivity index (χ1v) is 8.81. The summed E-state index contributed by atoms with van der Waals surface area (Å²) in [4.78, 5) is 37.6. The summed E-state index contributed by atoms with van der Waals surface area (Å²) in [5.41, 5.74) is 0.669. The molecule has 0 spiro atoms. The first-order valence-electron chi connectivity index (χ1n) is 8.00. The van der Waals surface area contributed by atoms with E-state index in [1.54, 1.807) is 30.3 Å². The molecule has 6 nitrogen and oxygen atoms in total. The van der Waals surface area contributed by atoms with Gasteiger partial charge >= 0.3 is 5.97 Å². The molecule has 0 aliphatic carbocycles. The van der Waals surface area contributed by atoms with Crippen molar-refractivity contribution in [1.29, 1.82) is 5.26 Å².